The first kappa shape index (κ1) is 16.8. The Morgan fingerprint density at radius 2 is 1.96 bits per heavy atom. The van der Waals surface area contributed by atoms with Crippen molar-refractivity contribution in [2.45, 2.75) is 25.1 Å². The number of piperidine rings is 1. The van der Waals surface area contributed by atoms with Crippen molar-refractivity contribution in [3.63, 3.8) is 0 Å². The molecule has 136 valence electrons. The van der Waals surface area contributed by atoms with Crippen LogP contribution in [0.3, 0.4) is 0 Å². The van der Waals surface area contributed by atoms with Crippen LogP contribution in [-0.2, 0) is 6.18 Å². The van der Waals surface area contributed by atoms with Crippen molar-refractivity contribution >= 4 is 11.5 Å². The minimum atomic E-state index is -4.38. The van der Waals surface area contributed by atoms with Gasteiger partial charge in [-0.3, -0.25) is 0 Å². The van der Waals surface area contributed by atoms with E-state index in [9.17, 15) is 13.2 Å². The van der Waals surface area contributed by atoms with Gasteiger partial charge in [0, 0.05) is 17.8 Å². The van der Waals surface area contributed by atoms with Crippen LogP contribution < -0.4 is 10.6 Å². The summed E-state index contributed by atoms with van der Waals surface area (Å²) in [6.45, 7) is 1.92. The molecule has 0 radical (unpaired) electrons. The number of benzene rings is 1. The van der Waals surface area contributed by atoms with Crippen LogP contribution in [0.2, 0.25) is 0 Å². The fourth-order valence-corrected chi connectivity index (χ4v) is 3.19. The summed E-state index contributed by atoms with van der Waals surface area (Å²) in [5, 5.41) is 10.9. The van der Waals surface area contributed by atoms with Gasteiger partial charge in [-0.2, -0.15) is 18.3 Å². The predicted octanol–water partition coefficient (Wildman–Crippen LogP) is 3.58. The van der Waals surface area contributed by atoms with E-state index in [4.69, 9.17) is 0 Å². The molecule has 1 fully saturated rings. The Hall–Kier alpha value is -2.61. The zero-order valence-corrected chi connectivity index (χ0v) is 13.9. The van der Waals surface area contributed by atoms with Gasteiger partial charge in [0.15, 0.2) is 5.65 Å². The summed E-state index contributed by atoms with van der Waals surface area (Å²) in [7, 11) is 0. The molecule has 1 aliphatic rings. The Bertz CT molecular complexity index is 913. The maximum atomic E-state index is 13.0. The molecule has 4 rings (SSSR count). The first-order valence-corrected chi connectivity index (χ1v) is 8.50. The molecule has 3 heterocycles. The van der Waals surface area contributed by atoms with Gasteiger partial charge in [0.05, 0.1) is 11.8 Å². The van der Waals surface area contributed by atoms with Crippen LogP contribution in [0.25, 0.3) is 16.8 Å². The van der Waals surface area contributed by atoms with Gasteiger partial charge >= 0.3 is 6.18 Å². The maximum absolute atomic E-state index is 13.0. The zero-order valence-electron chi connectivity index (χ0n) is 13.9. The standard InChI is InChI=1S/C18H18F3N5/c19-18(20,21)13-3-1-2-12(10-13)15-11-23-26-9-6-16(25-17(15)26)24-14-4-7-22-8-5-14/h1-3,6,9-11,14,22H,4-5,7-8H2,(H,24,25). The van der Waals surface area contributed by atoms with Crippen LogP contribution >= 0.6 is 0 Å². The van der Waals surface area contributed by atoms with Crippen molar-refractivity contribution in [3.8, 4) is 11.1 Å². The van der Waals surface area contributed by atoms with Gasteiger partial charge in [-0.25, -0.2) is 9.50 Å². The largest absolute Gasteiger partial charge is 0.416 e. The lowest BCUT2D eigenvalue weighted by Gasteiger charge is -2.24. The highest BCUT2D eigenvalue weighted by molar-refractivity contribution is 5.78. The highest BCUT2D eigenvalue weighted by Gasteiger charge is 2.30. The Kier molecular flexibility index (Phi) is 4.28. The second-order valence-electron chi connectivity index (χ2n) is 6.39. The Labute approximate surface area is 148 Å². The number of anilines is 1. The molecule has 26 heavy (non-hydrogen) atoms. The van der Waals surface area contributed by atoms with Gasteiger partial charge in [-0.05, 0) is 49.7 Å². The van der Waals surface area contributed by atoms with Crippen molar-refractivity contribution in [3.05, 3.63) is 48.3 Å². The first-order valence-electron chi connectivity index (χ1n) is 8.50. The molecule has 5 nitrogen and oxygen atoms in total. The summed E-state index contributed by atoms with van der Waals surface area (Å²) < 4.78 is 40.6. The molecule has 1 aromatic carbocycles. The number of rotatable bonds is 3. The quantitative estimate of drug-likeness (QED) is 0.749. The van der Waals surface area contributed by atoms with Crippen molar-refractivity contribution in [1.82, 2.24) is 19.9 Å². The van der Waals surface area contributed by atoms with E-state index in [2.05, 4.69) is 20.7 Å². The van der Waals surface area contributed by atoms with E-state index in [0.717, 1.165) is 38.1 Å². The van der Waals surface area contributed by atoms with E-state index >= 15 is 0 Å². The summed E-state index contributed by atoms with van der Waals surface area (Å²) in [4.78, 5) is 4.59. The van der Waals surface area contributed by atoms with E-state index in [1.165, 1.54) is 6.07 Å². The lowest BCUT2D eigenvalue weighted by molar-refractivity contribution is -0.137. The highest BCUT2D eigenvalue weighted by atomic mass is 19.4. The predicted molar refractivity (Wildman–Crippen MR) is 92.9 cm³/mol. The van der Waals surface area contributed by atoms with Crippen LogP contribution in [0, 0.1) is 0 Å². The van der Waals surface area contributed by atoms with Gasteiger partial charge in [0.25, 0.3) is 0 Å². The third-order valence-electron chi connectivity index (χ3n) is 4.56. The summed E-state index contributed by atoms with van der Waals surface area (Å²) in [6, 6.07) is 7.40. The lowest BCUT2D eigenvalue weighted by atomic mass is 10.1. The molecule has 2 aromatic heterocycles. The third-order valence-corrected chi connectivity index (χ3v) is 4.56. The smallest absolute Gasteiger partial charge is 0.367 e. The summed E-state index contributed by atoms with van der Waals surface area (Å²) >= 11 is 0. The van der Waals surface area contributed by atoms with Gasteiger partial charge in [-0.15, -0.1) is 0 Å². The number of fused-ring (bicyclic) bond motifs is 1. The molecule has 0 unspecified atom stereocenters. The SMILES string of the molecule is FC(F)(F)c1cccc(-c2cnn3ccc(NC4CCNCC4)nc23)c1. The molecule has 1 saturated heterocycles. The topological polar surface area (TPSA) is 54.2 Å². The summed E-state index contributed by atoms with van der Waals surface area (Å²) in [5.41, 5.74) is 0.869. The normalized spacial score (nSPS) is 16.1. The second-order valence-corrected chi connectivity index (χ2v) is 6.39. The van der Waals surface area contributed by atoms with Crippen molar-refractivity contribution in [2.75, 3.05) is 18.4 Å². The van der Waals surface area contributed by atoms with E-state index in [1.807, 2.05) is 6.07 Å². The molecule has 0 atom stereocenters. The molecular formula is C18H18F3N5. The summed E-state index contributed by atoms with van der Waals surface area (Å²) in [6.07, 6.45) is 0.947. The van der Waals surface area contributed by atoms with Crippen LogP contribution in [0.5, 0.6) is 0 Å². The fourth-order valence-electron chi connectivity index (χ4n) is 3.19. The first-order chi connectivity index (χ1) is 12.5. The molecule has 2 N–H and O–H groups in total. The van der Waals surface area contributed by atoms with Gasteiger partial charge in [0.1, 0.15) is 5.82 Å². The molecule has 8 heteroatoms. The number of hydrogen-bond donors (Lipinski definition) is 2. The molecule has 0 saturated carbocycles. The molecule has 0 amide bonds. The summed E-state index contributed by atoms with van der Waals surface area (Å²) in [5.74, 6) is 0.707. The van der Waals surface area contributed by atoms with Crippen LogP contribution in [-0.4, -0.2) is 33.7 Å². The third kappa shape index (κ3) is 3.37. The lowest BCUT2D eigenvalue weighted by Crippen LogP contribution is -2.35. The molecule has 0 spiro atoms. The Morgan fingerprint density at radius 1 is 1.15 bits per heavy atom. The highest BCUT2D eigenvalue weighted by Crippen LogP contribution is 2.33. The van der Waals surface area contributed by atoms with Gasteiger partial charge < -0.3 is 10.6 Å². The molecule has 3 aromatic rings. The van der Waals surface area contributed by atoms with Crippen LogP contribution in [0.4, 0.5) is 19.0 Å². The molecule has 0 aliphatic carbocycles. The Morgan fingerprint density at radius 3 is 2.73 bits per heavy atom. The van der Waals surface area contributed by atoms with E-state index in [-0.39, 0.29) is 0 Å². The van der Waals surface area contributed by atoms with E-state index in [0.29, 0.717) is 28.6 Å². The van der Waals surface area contributed by atoms with Crippen LogP contribution in [0.15, 0.2) is 42.7 Å². The van der Waals surface area contributed by atoms with Crippen molar-refractivity contribution < 1.29 is 13.2 Å². The molecule has 0 bridgehead atoms. The maximum Gasteiger partial charge on any atom is 0.416 e. The van der Waals surface area contributed by atoms with Crippen molar-refractivity contribution in [1.29, 1.82) is 0 Å². The average molecular weight is 361 g/mol. The number of aromatic nitrogens is 3. The number of nitrogens with zero attached hydrogens (tertiary/aromatic N) is 3. The van der Waals surface area contributed by atoms with E-state index in [1.54, 1.807) is 23.0 Å². The van der Waals surface area contributed by atoms with Gasteiger partial charge in [-0.1, -0.05) is 12.1 Å². The fraction of sp³-hybridized carbons (Fsp3) is 0.333. The number of halogens is 3. The Balaban J connectivity index is 1.68. The minimum Gasteiger partial charge on any atom is -0.367 e. The van der Waals surface area contributed by atoms with Crippen molar-refractivity contribution in [2.24, 2.45) is 0 Å². The second kappa shape index (κ2) is 6.60. The zero-order chi connectivity index (χ0) is 18.1. The monoisotopic (exact) mass is 361 g/mol. The molecular weight excluding hydrogens is 343 g/mol. The average Bonchev–Trinajstić information content (AvgIpc) is 3.05. The van der Waals surface area contributed by atoms with Crippen LogP contribution in [0.1, 0.15) is 18.4 Å². The minimum absolute atomic E-state index is 0.339. The number of alkyl halides is 3. The molecule has 1 aliphatic heterocycles. The van der Waals surface area contributed by atoms with E-state index < -0.39 is 11.7 Å². The number of hydrogen-bond acceptors (Lipinski definition) is 4. The number of nitrogens with one attached hydrogen (secondary N) is 2. The van der Waals surface area contributed by atoms with Gasteiger partial charge in [0.2, 0.25) is 0 Å².